The van der Waals surface area contributed by atoms with Crippen molar-refractivity contribution in [3.05, 3.63) is 56.7 Å². The zero-order valence-electron chi connectivity index (χ0n) is 21.9. The molecule has 4 atom stereocenters. The molecule has 4 fully saturated rings. The predicted molar refractivity (Wildman–Crippen MR) is 145 cm³/mol. The number of carbonyl (C=O) groups is 2. The van der Waals surface area contributed by atoms with E-state index in [2.05, 4.69) is 4.98 Å². The van der Waals surface area contributed by atoms with Crippen LogP contribution in [0.5, 0.6) is 0 Å². The second-order valence-corrected chi connectivity index (χ2v) is 12.7. The average Bonchev–Trinajstić information content (AvgIpc) is 2.83. The largest absolute Gasteiger partial charge is 0.455 e. The fourth-order valence-corrected chi connectivity index (χ4v) is 7.88. The highest BCUT2D eigenvalue weighted by atomic mass is 35.5. The summed E-state index contributed by atoms with van der Waals surface area (Å²) in [4.78, 5) is 55.5. The quantitative estimate of drug-likeness (QED) is 0.389. The molecular weight excluding hydrogens is 508 g/mol. The molecule has 2 unspecified atom stereocenters. The molecule has 204 valence electrons. The number of hydrogen-bond donors (Lipinski definition) is 2. The number of anilines is 2. The van der Waals surface area contributed by atoms with Gasteiger partial charge in [-0.2, -0.15) is 0 Å². The summed E-state index contributed by atoms with van der Waals surface area (Å²) in [5.41, 5.74) is 4.96. The maximum atomic E-state index is 13.5. The lowest BCUT2D eigenvalue weighted by Gasteiger charge is -2.58. The maximum absolute atomic E-state index is 13.5. The van der Waals surface area contributed by atoms with Gasteiger partial charge in [0.15, 0.2) is 12.3 Å². The summed E-state index contributed by atoms with van der Waals surface area (Å²) < 4.78 is 6.87. The first-order valence-electron chi connectivity index (χ1n) is 13.3. The highest BCUT2D eigenvalue weighted by Gasteiger charge is 2.60. The number of esters is 1. The minimum Gasteiger partial charge on any atom is -0.455 e. The normalized spacial score (nSPS) is 27.5. The van der Waals surface area contributed by atoms with Crippen molar-refractivity contribution in [2.24, 2.45) is 23.2 Å². The Hall–Kier alpha value is -3.07. The van der Waals surface area contributed by atoms with E-state index >= 15 is 0 Å². The van der Waals surface area contributed by atoms with Crippen LogP contribution in [0.4, 0.5) is 11.5 Å². The van der Waals surface area contributed by atoms with Crippen LogP contribution in [0.25, 0.3) is 0 Å². The van der Waals surface area contributed by atoms with Crippen molar-refractivity contribution >= 4 is 35.0 Å². The third kappa shape index (κ3) is 5.00. The summed E-state index contributed by atoms with van der Waals surface area (Å²) in [5, 5.41) is 0. The van der Waals surface area contributed by atoms with Gasteiger partial charge in [0.1, 0.15) is 5.82 Å². The van der Waals surface area contributed by atoms with Gasteiger partial charge in [-0.05, 0) is 61.8 Å². The van der Waals surface area contributed by atoms with Gasteiger partial charge in [-0.25, -0.2) is 4.79 Å². The molecular formula is C28H35ClN4O5. The smallest absolute Gasteiger partial charge is 0.330 e. The third-order valence-electron chi connectivity index (χ3n) is 8.27. The monoisotopic (exact) mass is 542 g/mol. The number of nitrogens with one attached hydrogen (secondary N) is 1. The number of nitrogens with two attached hydrogens (primary N) is 1. The topological polar surface area (TPSA) is 127 Å². The Kier molecular flexibility index (Phi) is 6.92. The summed E-state index contributed by atoms with van der Waals surface area (Å²) in [5.74, 6) is -0.267. The lowest BCUT2D eigenvalue weighted by molar-refractivity contribution is -0.171. The molecule has 1 aromatic carbocycles. The van der Waals surface area contributed by atoms with E-state index in [1.54, 1.807) is 0 Å². The number of H-pyrrole nitrogens is 1. The minimum absolute atomic E-state index is 0.0257. The van der Waals surface area contributed by atoms with Crippen LogP contribution in [0.3, 0.4) is 0 Å². The Bertz CT molecular complexity index is 1340. The summed E-state index contributed by atoms with van der Waals surface area (Å²) >= 11 is 6.87. The number of nitrogens with zero attached hydrogens (tertiary/aromatic N) is 2. The Labute approximate surface area is 226 Å². The van der Waals surface area contributed by atoms with Gasteiger partial charge in [0.2, 0.25) is 0 Å². The van der Waals surface area contributed by atoms with Crippen molar-refractivity contribution in [1.82, 2.24) is 9.55 Å². The first-order chi connectivity index (χ1) is 18.0. The molecule has 2 aromatic rings. The summed E-state index contributed by atoms with van der Waals surface area (Å²) in [6.45, 7) is 3.55. The zero-order valence-corrected chi connectivity index (χ0v) is 22.6. The van der Waals surface area contributed by atoms with E-state index in [1.165, 1.54) is 9.47 Å². The molecule has 0 saturated heterocycles. The molecule has 4 aliphatic rings. The lowest BCUT2D eigenvalue weighted by atomic mass is 9.49. The predicted octanol–water partition coefficient (Wildman–Crippen LogP) is 3.28. The molecule has 3 N–H and O–H groups in total. The van der Waals surface area contributed by atoms with Crippen molar-refractivity contribution in [2.75, 3.05) is 23.8 Å². The van der Waals surface area contributed by atoms with Gasteiger partial charge in [-0.3, -0.25) is 23.9 Å². The van der Waals surface area contributed by atoms with Crippen molar-refractivity contribution in [3.8, 4) is 0 Å². The summed E-state index contributed by atoms with van der Waals surface area (Å²) in [6.07, 6.45) is 5.04. The average molecular weight is 543 g/mol. The third-order valence-corrected chi connectivity index (χ3v) is 8.71. The van der Waals surface area contributed by atoms with E-state index in [-0.39, 0.29) is 41.4 Å². The number of rotatable bonds is 8. The summed E-state index contributed by atoms with van der Waals surface area (Å²) in [7, 11) is 0. The molecule has 4 saturated carbocycles. The fraction of sp³-hybridized carbons (Fsp3) is 0.571. The molecule has 1 amide bonds. The number of hydrogen-bond acceptors (Lipinski definition) is 6. The minimum atomic E-state index is -0.762. The van der Waals surface area contributed by atoms with Crippen molar-refractivity contribution in [1.29, 1.82) is 0 Å². The SMILES string of the molecule is CC(C)CN(C(=O)COC(=O)C12C[C@@H]3C[C@@H](CC(Cl)(C3)C1)C2)c1c(N)n(Cc2ccccc2)c(=O)[nH]c1=O. The van der Waals surface area contributed by atoms with Crippen LogP contribution < -0.4 is 21.9 Å². The number of carbonyl (C=O) groups excluding carboxylic acids is 2. The Morgan fingerprint density at radius 3 is 2.42 bits per heavy atom. The molecule has 0 aliphatic heterocycles. The number of alkyl halides is 1. The Balaban J connectivity index is 1.38. The van der Waals surface area contributed by atoms with E-state index in [1.807, 2.05) is 44.2 Å². The number of halogens is 1. The molecule has 1 heterocycles. The van der Waals surface area contributed by atoms with E-state index in [4.69, 9.17) is 22.1 Å². The van der Waals surface area contributed by atoms with Crippen LogP contribution in [-0.2, 0) is 20.9 Å². The lowest BCUT2D eigenvalue weighted by Crippen LogP contribution is -2.56. The zero-order chi connectivity index (χ0) is 27.2. The number of ether oxygens (including phenoxy) is 1. The molecule has 10 heteroatoms. The summed E-state index contributed by atoms with van der Waals surface area (Å²) in [6, 6.07) is 9.20. The van der Waals surface area contributed by atoms with Gasteiger partial charge in [0.05, 0.1) is 12.0 Å². The van der Waals surface area contributed by atoms with Gasteiger partial charge in [0.25, 0.3) is 11.5 Å². The van der Waals surface area contributed by atoms with Crippen LogP contribution >= 0.6 is 11.6 Å². The van der Waals surface area contributed by atoms with Gasteiger partial charge in [-0.15, -0.1) is 11.6 Å². The van der Waals surface area contributed by atoms with Gasteiger partial charge < -0.3 is 15.4 Å². The first kappa shape index (κ1) is 26.5. The van der Waals surface area contributed by atoms with Gasteiger partial charge >= 0.3 is 11.7 Å². The molecule has 9 nitrogen and oxygen atoms in total. The molecule has 4 aliphatic carbocycles. The van der Waals surface area contributed by atoms with E-state index < -0.39 is 29.2 Å². The van der Waals surface area contributed by atoms with Gasteiger partial charge in [0, 0.05) is 11.4 Å². The van der Waals surface area contributed by atoms with Crippen molar-refractivity contribution in [2.45, 2.75) is 63.8 Å². The van der Waals surface area contributed by atoms with E-state index in [0.29, 0.717) is 18.3 Å². The molecule has 1 aromatic heterocycles. The number of amides is 1. The van der Waals surface area contributed by atoms with Crippen LogP contribution in [0.15, 0.2) is 39.9 Å². The van der Waals surface area contributed by atoms with E-state index in [9.17, 15) is 19.2 Å². The Morgan fingerprint density at radius 2 is 1.82 bits per heavy atom. The molecule has 0 radical (unpaired) electrons. The maximum Gasteiger partial charge on any atom is 0.330 e. The first-order valence-corrected chi connectivity index (χ1v) is 13.7. The molecule has 6 rings (SSSR count). The molecule has 0 spiro atoms. The highest BCUT2D eigenvalue weighted by molar-refractivity contribution is 6.24. The van der Waals surface area contributed by atoms with E-state index in [0.717, 1.165) is 37.7 Å². The van der Waals surface area contributed by atoms with Crippen LogP contribution in [0.1, 0.15) is 57.9 Å². The van der Waals surface area contributed by atoms with Crippen molar-refractivity contribution in [3.63, 3.8) is 0 Å². The van der Waals surface area contributed by atoms with Crippen LogP contribution in [0.2, 0.25) is 0 Å². The van der Waals surface area contributed by atoms with Crippen LogP contribution in [0, 0.1) is 23.2 Å². The number of benzene rings is 1. The molecule has 4 bridgehead atoms. The van der Waals surface area contributed by atoms with Crippen molar-refractivity contribution < 1.29 is 14.3 Å². The Morgan fingerprint density at radius 1 is 1.16 bits per heavy atom. The second kappa shape index (κ2) is 9.91. The number of aromatic amines is 1. The standard InChI is InChI=1S/C28H35ClN4O5/c1-17(2)13-32(22-23(30)33(26(37)31-24(22)35)14-18-6-4-3-5-7-18)21(34)15-38-25(36)27-9-19-8-20(10-27)12-28(29,11-19)16-27/h3-7,17,19-20H,8-16,30H2,1-2H3,(H,31,35,37)/t19-,20+,27?,28?. The fourth-order valence-electron chi connectivity index (χ4n) is 7.19. The highest BCUT2D eigenvalue weighted by Crippen LogP contribution is 2.64. The number of nitrogen functional groups attached to an aromatic ring is 1. The molecule has 38 heavy (non-hydrogen) atoms. The second-order valence-electron chi connectivity index (χ2n) is 11.9. The van der Waals surface area contributed by atoms with Gasteiger partial charge in [-0.1, -0.05) is 44.2 Å². The number of aromatic nitrogens is 2. The van der Waals surface area contributed by atoms with Crippen LogP contribution in [-0.4, -0.2) is 39.5 Å².